The highest BCUT2D eigenvalue weighted by atomic mass is 32.1. The van der Waals surface area contributed by atoms with Gasteiger partial charge in [-0.05, 0) is 188 Å². The molecule has 24 heteroatoms. The number of rotatable bonds is 36. The molecule has 4 rings (SSSR count). The average Bonchev–Trinajstić information content (AvgIpc) is 0.767. The van der Waals surface area contributed by atoms with Gasteiger partial charge >= 0.3 is 18.3 Å². The molecule has 6 amide bonds. The molecular weight excluding hydrogens is 1360 g/mol. The Morgan fingerprint density at radius 3 is 0.778 bits per heavy atom. The number of anilines is 3. The zero-order chi connectivity index (χ0) is 74.4. The number of hydrogen-bond donors (Lipinski definition) is 3. The fourth-order valence-corrected chi connectivity index (χ4v) is 13.8. The van der Waals surface area contributed by atoms with Crippen molar-refractivity contribution in [2.24, 2.45) is 17.2 Å². The van der Waals surface area contributed by atoms with Gasteiger partial charge in [0.15, 0.2) is 0 Å². The topological polar surface area (TPSA) is 246 Å². The van der Waals surface area contributed by atoms with Gasteiger partial charge in [0.05, 0.1) is 17.1 Å². The monoisotopic (exact) mass is 1460 g/mol. The van der Waals surface area contributed by atoms with Crippen molar-refractivity contribution in [3.63, 3.8) is 0 Å². The van der Waals surface area contributed by atoms with Gasteiger partial charge in [0.2, 0.25) is 17.7 Å². The van der Waals surface area contributed by atoms with Crippen molar-refractivity contribution >= 4 is 130 Å². The predicted octanol–water partition coefficient (Wildman–Crippen LogP) is 16.3. The Bertz CT molecular complexity index is 3150. The molecule has 0 aromatic heterocycles. The number of primary amides is 3. The molecule has 0 aliphatic rings. The summed E-state index contributed by atoms with van der Waals surface area (Å²) in [7, 11) is -4.15. The van der Waals surface area contributed by atoms with Gasteiger partial charge < -0.3 is 45.6 Å². The van der Waals surface area contributed by atoms with E-state index in [4.69, 9.17) is 82.3 Å². The predicted molar refractivity (Wildman–Crippen MR) is 422 cm³/mol. The lowest BCUT2D eigenvalue weighted by atomic mass is 10.0. The Morgan fingerprint density at radius 2 is 0.606 bits per heavy atom. The van der Waals surface area contributed by atoms with E-state index in [-0.39, 0.29) is 36.3 Å². The van der Waals surface area contributed by atoms with E-state index in [1.165, 1.54) is 18.2 Å². The van der Waals surface area contributed by atoms with Crippen LogP contribution >= 0.6 is 36.7 Å². The summed E-state index contributed by atoms with van der Waals surface area (Å²) in [5.74, 6) is -1.38. The lowest BCUT2D eigenvalue weighted by Crippen LogP contribution is -2.53. The number of ether oxygens (including phenoxy) is 6. The van der Waals surface area contributed by atoms with E-state index < -0.39 is 95.2 Å². The highest BCUT2D eigenvalue weighted by Gasteiger charge is 2.41. The van der Waals surface area contributed by atoms with E-state index in [1.807, 2.05) is 18.2 Å². The quantitative estimate of drug-likeness (QED) is 0.0166. The first-order valence-electron chi connectivity index (χ1n) is 33.5. The van der Waals surface area contributed by atoms with Crippen LogP contribution in [0.3, 0.4) is 0 Å². The molecule has 3 atom stereocenters. The third-order valence-electron chi connectivity index (χ3n) is 15.2. The average molecular weight is 1470 g/mol. The summed E-state index contributed by atoms with van der Waals surface area (Å²) in [5, 5.41) is 4.74. The minimum absolute atomic E-state index is 0.202. The summed E-state index contributed by atoms with van der Waals surface area (Å²) in [5.41, 5.74) is 19.8. The maximum Gasteiger partial charge on any atom is 0.415 e. The summed E-state index contributed by atoms with van der Waals surface area (Å²) in [4.78, 5) is 92.2. The maximum atomic E-state index is 15.3. The molecular formula is C75H108N6O12S3Si3. The van der Waals surface area contributed by atoms with E-state index in [0.717, 1.165) is 68.8 Å². The van der Waals surface area contributed by atoms with Gasteiger partial charge in [-0.1, -0.05) is 150 Å². The largest absolute Gasteiger partial charge is 0.489 e. The number of nitrogens with two attached hydrogens (primary N) is 3. The zero-order valence-electron chi connectivity index (χ0n) is 61.5. The third-order valence-corrected chi connectivity index (χ3v) is 20.9. The first-order chi connectivity index (χ1) is 45.9. The normalized spacial score (nSPS) is 13.6. The number of carbonyl (C=O) groups is 6. The molecule has 6 N–H and O–H groups in total. The summed E-state index contributed by atoms with van der Waals surface area (Å²) < 4.78 is 37.1. The van der Waals surface area contributed by atoms with Crippen molar-refractivity contribution in [2.45, 2.75) is 213 Å². The lowest BCUT2D eigenvalue weighted by molar-refractivity contribution is -0.120. The van der Waals surface area contributed by atoms with Crippen LogP contribution < -0.4 is 46.1 Å². The molecule has 0 spiro atoms. The smallest absolute Gasteiger partial charge is 0.415 e. The molecule has 0 unspecified atom stereocenters. The molecule has 0 saturated heterocycles. The Morgan fingerprint density at radius 1 is 0.394 bits per heavy atom. The first-order valence-corrected chi connectivity index (χ1v) is 46.0. The molecule has 540 valence electrons. The van der Waals surface area contributed by atoms with Crippen molar-refractivity contribution < 1.29 is 57.2 Å². The van der Waals surface area contributed by atoms with Gasteiger partial charge in [0.25, 0.3) is 0 Å². The van der Waals surface area contributed by atoms with Crippen molar-refractivity contribution in [1.29, 1.82) is 0 Å². The van der Waals surface area contributed by atoms with E-state index >= 15 is 14.4 Å². The highest BCUT2D eigenvalue weighted by Crippen LogP contribution is 2.38. The number of hydrogen-bond acceptors (Lipinski definition) is 15. The van der Waals surface area contributed by atoms with Crippen molar-refractivity contribution in [3.8, 4) is 17.2 Å². The van der Waals surface area contributed by atoms with Gasteiger partial charge in [0, 0.05) is 59.6 Å². The van der Waals surface area contributed by atoms with E-state index in [1.54, 1.807) is 151 Å². The van der Waals surface area contributed by atoms with Gasteiger partial charge in [-0.15, -0.1) is 0 Å². The van der Waals surface area contributed by atoms with Gasteiger partial charge in [-0.3, -0.25) is 29.1 Å². The van der Waals surface area contributed by atoms with Crippen LogP contribution in [0.5, 0.6) is 17.2 Å². The summed E-state index contributed by atoms with van der Waals surface area (Å²) in [6.07, 6.45) is 4.27. The summed E-state index contributed by atoms with van der Waals surface area (Å²) in [6, 6.07) is 23.3. The van der Waals surface area contributed by atoms with Crippen LogP contribution in [0.1, 0.15) is 98.3 Å². The van der Waals surface area contributed by atoms with Crippen LogP contribution in [-0.4, -0.2) is 131 Å². The number of thiocarbonyl (C=S) groups is 3. The molecule has 0 bridgehead atoms. The zero-order valence-corrected chi connectivity index (χ0v) is 67.0. The molecule has 4 aromatic carbocycles. The van der Waals surface area contributed by atoms with Gasteiger partial charge in [-0.25, -0.2) is 14.4 Å². The van der Waals surface area contributed by atoms with Crippen LogP contribution in [0, 0.1) is 0 Å². The second kappa shape index (κ2) is 37.4. The minimum atomic E-state index is -1.58. The second-order valence-electron chi connectivity index (χ2n) is 31.5. The Labute approximate surface area is 607 Å². The van der Waals surface area contributed by atoms with Crippen molar-refractivity contribution in [3.05, 3.63) is 143 Å². The summed E-state index contributed by atoms with van der Waals surface area (Å²) >= 11 is 15.6. The van der Waals surface area contributed by atoms with Gasteiger partial charge in [0.1, 0.15) is 72.0 Å². The molecule has 0 aliphatic carbocycles. The molecule has 0 saturated carbocycles. The molecule has 0 fully saturated rings. The number of amides is 6. The molecule has 0 heterocycles. The molecule has 99 heavy (non-hydrogen) atoms. The van der Waals surface area contributed by atoms with Crippen molar-refractivity contribution in [2.75, 3.05) is 34.5 Å². The van der Waals surface area contributed by atoms with E-state index in [2.05, 4.69) is 58.9 Å². The van der Waals surface area contributed by atoms with Crippen LogP contribution in [0.4, 0.5) is 31.4 Å². The Balaban J connectivity index is 2.08. The Kier molecular flexibility index (Phi) is 31.7. The molecule has 0 radical (unpaired) electrons. The second-order valence-corrected chi connectivity index (χ2v) is 49.2. The number of benzene rings is 4. The minimum Gasteiger partial charge on any atom is -0.489 e. The van der Waals surface area contributed by atoms with E-state index in [0.29, 0.717) is 53.8 Å². The molecule has 4 aromatic rings. The van der Waals surface area contributed by atoms with Crippen LogP contribution in [0.2, 0.25) is 77.1 Å². The summed E-state index contributed by atoms with van der Waals surface area (Å²) in [6.45, 7) is 36.3. The molecule has 0 aliphatic heterocycles. The van der Waals surface area contributed by atoms with Crippen molar-refractivity contribution in [1.82, 2.24) is 0 Å². The molecule has 18 nitrogen and oxygen atoms in total. The van der Waals surface area contributed by atoms with Gasteiger partial charge in [-0.2, -0.15) is 0 Å². The lowest BCUT2D eigenvalue weighted by Gasteiger charge is -2.37. The Hall–Kier alpha value is -7.36. The maximum absolute atomic E-state index is 15.3. The SMILES string of the molecule is CC(C)(C)OC(=O)N(c1cc(N(C(=O)OC(C)(C)C)[C@@H](Cc2ccc(OCC(=CC=S)CC[Si](C)(C)C)cc2)C(N)=O)cc(N(C(=O)OC(C)(C)C)[C@@H](Cc2ccc(OCC(=CC=S)CC[Si](C)(C)C)cc2)C(N)=O)c1)[C@@H](Cc1ccc(OCC(=CC=S)CC[Si](C)(C)C)cc1)C(N)=O. The highest BCUT2D eigenvalue weighted by molar-refractivity contribution is 7.79. The number of allylic oxidation sites excluding steroid dienone is 3. The fraction of sp³-hybridized carbons (Fsp3) is 0.480. The fourth-order valence-electron chi connectivity index (χ4n) is 9.99. The standard InChI is InChI=1S/C75H108N6O12S3Si3/c1-73(2,3)91-70(85)79(64(67(76)82)43-52-19-25-61(26-20-52)88-49-55(31-37-94)34-40-97(10,11)12)58-46-59(80(71(86)92-74(4,5)6)65(68(77)83)44-53-21-27-62(28-22-53)89-50-56(32-38-95)35-41-98(13,14)15)48-60(47-58)81(72(87)93-75(7,8)9)66(69(78)84)45-54-23-29-63(30-24-54)90-51-57(33-39-96)36-42-99(16,17)18/h19-33,37-39,46-48,64-66H,34-36,40-45,49-51H2,1-18H3,(H2,76,82)(H2,77,83)(H2,78,84)/t64-,65-,66-/m0/s1. The third kappa shape index (κ3) is 31.0. The number of carbonyl (C=O) groups excluding carboxylic acids is 6. The van der Waals surface area contributed by atoms with Crippen LogP contribution in [-0.2, 0) is 47.9 Å². The van der Waals surface area contributed by atoms with Crippen LogP contribution in [0.15, 0.2) is 126 Å². The van der Waals surface area contributed by atoms with E-state index in [9.17, 15) is 14.4 Å². The number of nitrogens with zero attached hydrogens (tertiary/aromatic N) is 3. The first kappa shape index (κ1) is 84.1. The van der Waals surface area contributed by atoms with Crippen LogP contribution in [0.25, 0.3) is 0 Å².